The molecule has 3 rings (SSSR count). The number of ether oxygens (including phenoxy) is 2. The highest BCUT2D eigenvalue weighted by Gasteiger charge is 2.36. The Labute approximate surface area is 163 Å². The molecule has 0 aromatic heterocycles. The molecule has 1 atom stereocenters. The minimum atomic E-state index is -0.585. The average Bonchev–Trinajstić information content (AvgIpc) is 3.08. The van der Waals surface area contributed by atoms with Gasteiger partial charge in [0, 0.05) is 30.4 Å². The number of carbonyl (C=O) groups is 3. The molecule has 1 heterocycles. The van der Waals surface area contributed by atoms with Crippen LogP contribution in [-0.2, 0) is 19.1 Å². The van der Waals surface area contributed by atoms with Crippen LogP contribution in [0.4, 0.5) is 11.4 Å². The SMILES string of the molecule is COc1cccc(NC(=O)COC(=O)C2CC(=O)N(c3ccc(C)cc3)C2)c1. The van der Waals surface area contributed by atoms with Gasteiger partial charge in [0.15, 0.2) is 6.61 Å². The predicted molar refractivity (Wildman–Crippen MR) is 104 cm³/mol. The van der Waals surface area contributed by atoms with Crippen LogP contribution in [0.15, 0.2) is 48.5 Å². The Morgan fingerprint density at radius 3 is 2.64 bits per heavy atom. The minimum Gasteiger partial charge on any atom is -0.497 e. The van der Waals surface area contributed by atoms with E-state index in [0.717, 1.165) is 11.3 Å². The fourth-order valence-corrected chi connectivity index (χ4v) is 2.99. The largest absolute Gasteiger partial charge is 0.497 e. The van der Waals surface area contributed by atoms with E-state index in [2.05, 4.69) is 5.32 Å². The number of esters is 1. The van der Waals surface area contributed by atoms with Gasteiger partial charge in [-0.25, -0.2) is 0 Å². The van der Waals surface area contributed by atoms with Gasteiger partial charge in [0.05, 0.1) is 13.0 Å². The molecule has 1 unspecified atom stereocenters. The van der Waals surface area contributed by atoms with Gasteiger partial charge < -0.3 is 19.7 Å². The Morgan fingerprint density at radius 2 is 1.93 bits per heavy atom. The summed E-state index contributed by atoms with van der Waals surface area (Å²) in [6, 6.07) is 14.4. The molecule has 2 aromatic rings. The molecule has 2 aromatic carbocycles. The molecule has 0 aliphatic carbocycles. The van der Waals surface area contributed by atoms with Crippen molar-refractivity contribution < 1.29 is 23.9 Å². The molecule has 1 fully saturated rings. The summed E-state index contributed by atoms with van der Waals surface area (Å²) < 4.78 is 10.2. The van der Waals surface area contributed by atoms with E-state index in [1.54, 1.807) is 29.2 Å². The quantitative estimate of drug-likeness (QED) is 0.776. The Balaban J connectivity index is 1.51. The van der Waals surface area contributed by atoms with E-state index in [-0.39, 0.29) is 18.9 Å². The molecular weight excluding hydrogens is 360 g/mol. The van der Waals surface area contributed by atoms with E-state index >= 15 is 0 Å². The number of nitrogens with one attached hydrogen (secondary N) is 1. The molecular formula is C21H22N2O5. The van der Waals surface area contributed by atoms with Gasteiger partial charge in [-0.05, 0) is 31.2 Å². The highest BCUT2D eigenvalue weighted by Crippen LogP contribution is 2.26. The van der Waals surface area contributed by atoms with Crippen LogP contribution in [-0.4, -0.2) is 38.0 Å². The first kappa shape index (κ1) is 19.4. The summed E-state index contributed by atoms with van der Waals surface area (Å²) in [5, 5.41) is 2.64. The first-order valence-corrected chi connectivity index (χ1v) is 8.94. The van der Waals surface area contributed by atoms with Crippen molar-refractivity contribution in [3.63, 3.8) is 0 Å². The number of aryl methyl sites for hydroxylation is 1. The van der Waals surface area contributed by atoms with Crippen LogP contribution >= 0.6 is 0 Å². The lowest BCUT2D eigenvalue weighted by Crippen LogP contribution is -2.28. The smallest absolute Gasteiger partial charge is 0.311 e. The van der Waals surface area contributed by atoms with Crippen molar-refractivity contribution in [1.29, 1.82) is 0 Å². The number of hydrogen-bond acceptors (Lipinski definition) is 5. The second-order valence-electron chi connectivity index (χ2n) is 6.63. The van der Waals surface area contributed by atoms with Crippen molar-refractivity contribution in [1.82, 2.24) is 0 Å². The summed E-state index contributed by atoms with van der Waals surface area (Å²) >= 11 is 0. The van der Waals surface area contributed by atoms with Crippen molar-refractivity contribution in [2.45, 2.75) is 13.3 Å². The molecule has 1 aliphatic rings. The van der Waals surface area contributed by atoms with Gasteiger partial charge >= 0.3 is 5.97 Å². The number of rotatable bonds is 6. The van der Waals surface area contributed by atoms with Crippen molar-refractivity contribution >= 4 is 29.2 Å². The zero-order valence-corrected chi connectivity index (χ0v) is 15.8. The van der Waals surface area contributed by atoms with Gasteiger partial charge in [0.2, 0.25) is 5.91 Å². The summed E-state index contributed by atoms with van der Waals surface area (Å²) in [5.74, 6) is -1.12. The lowest BCUT2D eigenvalue weighted by molar-refractivity contribution is -0.151. The van der Waals surface area contributed by atoms with E-state index in [9.17, 15) is 14.4 Å². The summed E-state index contributed by atoms with van der Waals surface area (Å²) in [7, 11) is 1.53. The molecule has 0 bridgehead atoms. The molecule has 146 valence electrons. The van der Waals surface area contributed by atoms with Gasteiger partial charge in [0.1, 0.15) is 5.75 Å². The normalized spacial score (nSPS) is 16.0. The average molecular weight is 382 g/mol. The number of carbonyl (C=O) groups excluding carboxylic acids is 3. The van der Waals surface area contributed by atoms with E-state index in [1.807, 2.05) is 31.2 Å². The maximum atomic E-state index is 12.3. The number of benzene rings is 2. The Morgan fingerprint density at radius 1 is 1.18 bits per heavy atom. The summed E-state index contributed by atoms with van der Waals surface area (Å²) in [6.07, 6.45) is 0.0736. The van der Waals surface area contributed by atoms with Crippen LogP contribution in [0.3, 0.4) is 0 Å². The van der Waals surface area contributed by atoms with E-state index in [1.165, 1.54) is 7.11 Å². The topological polar surface area (TPSA) is 84.9 Å². The Bertz CT molecular complexity index is 879. The van der Waals surface area contributed by atoms with Crippen LogP contribution in [0.1, 0.15) is 12.0 Å². The van der Waals surface area contributed by atoms with Crippen LogP contribution in [0.25, 0.3) is 0 Å². The third-order valence-corrected chi connectivity index (χ3v) is 4.50. The van der Waals surface area contributed by atoms with Gasteiger partial charge in [0.25, 0.3) is 5.91 Å². The number of nitrogens with zero attached hydrogens (tertiary/aromatic N) is 1. The second-order valence-corrected chi connectivity index (χ2v) is 6.63. The lowest BCUT2D eigenvalue weighted by Gasteiger charge is -2.16. The number of amides is 2. The van der Waals surface area contributed by atoms with Gasteiger partial charge in [-0.15, -0.1) is 0 Å². The molecule has 1 aliphatic heterocycles. The summed E-state index contributed by atoms with van der Waals surface area (Å²) in [5.41, 5.74) is 2.39. The number of hydrogen-bond donors (Lipinski definition) is 1. The first-order valence-electron chi connectivity index (χ1n) is 8.94. The van der Waals surface area contributed by atoms with Crippen LogP contribution in [0.2, 0.25) is 0 Å². The molecule has 2 amide bonds. The fourth-order valence-electron chi connectivity index (χ4n) is 2.99. The Hall–Kier alpha value is -3.35. The van der Waals surface area contributed by atoms with Crippen LogP contribution in [0.5, 0.6) is 5.75 Å². The maximum absolute atomic E-state index is 12.3. The van der Waals surface area contributed by atoms with Gasteiger partial charge in [-0.2, -0.15) is 0 Å². The highest BCUT2D eigenvalue weighted by molar-refractivity contribution is 6.00. The first-order chi connectivity index (χ1) is 13.5. The molecule has 0 saturated carbocycles. The Kier molecular flexibility index (Phi) is 5.93. The molecule has 0 radical (unpaired) electrons. The third-order valence-electron chi connectivity index (χ3n) is 4.50. The molecule has 1 saturated heterocycles. The van der Waals surface area contributed by atoms with Crippen molar-refractivity contribution in [3.8, 4) is 5.75 Å². The van der Waals surface area contributed by atoms with Crippen LogP contribution < -0.4 is 15.0 Å². The van der Waals surface area contributed by atoms with E-state index in [4.69, 9.17) is 9.47 Å². The van der Waals surface area contributed by atoms with E-state index < -0.39 is 24.4 Å². The van der Waals surface area contributed by atoms with Gasteiger partial charge in [-0.3, -0.25) is 14.4 Å². The second kappa shape index (κ2) is 8.56. The standard InChI is InChI=1S/C21H22N2O5/c1-14-6-8-17(9-7-14)23-12-15(10-20(23)25)21(26)28-13-19(24)22-16-4-3-5-18(11-16)27-2/h3-9,11,15H,10,12-13H2,1-2H3,(H,22,24). The van der Waals surface area contributed by atoms with Crippen molar-refractivity contribution in [2.24, 2.45) is 5.92 Å². The lowest BCUT2D eigenvalue weighted by atomic mass is 10.1. The summed E-state index contributed by atoms with van der Waals surface area (Å²) in [4.78, 5) is 38.1. The third kappa shape index (κ3) is 4.68. The maximum Gasteiger partial charge on any atom is 0.311 e. The molecule has 0 spiro atoms. The van der Waals surface area contributed by atoms with Gasteiger partial charge in [-0.1, -0.05) is 23.8 Å². The zero-order valence-electron chi connectivity index (χ0n) is 15.8. The molecule has 7 nitrogen and oxygen atoms in total. The molecule has 1 N–H and O–H groups in total. The fraction of sp³-hybridized carbons (Fsp3) is 0.286. The van der Waals surface area contributed by atoms with Crippen LogP contribution in [0, 0.1) is 12.8 Å². The van der Waals surface area contributed by atoms with Crippen molar-refractivity contribution in [3.05, 3.63) is 54.1 Å². The zero-order chi connectivity index (χ0) is 20.1. The van der Waals surface area contributed by atoms with E-state index in [0.29, 0.717) is 11.4 Å². The number of anilines is 2. The molecule has 28 heavy (non-hydrogen) atoms. The van der Waals surface area contributed by atoms with Crippen molar-refractivity contribution in [2.75, 3.05) is 30.5 Å². The summed E-state index contributed by atoms with van der Waals surface area (Å²) in [6.45, 7) is 1.80. The highest BCUT2D eigenvalue weighted by atomic mass is 16.5. The molecule has 7 heteroatoms. The monoisotopic (exact) mass is 382 g/mol. The predicted octanol–water partition coefficient (Wildman–Crippen LogP) is 2.54. The minimum absolute atomic E-state index is 0.0736. The number of methoxy groups -OCH3 is 1.